The second-order valence-corrected chi connectivity index (χ2v) is 5.50. The number of hydrogen-bond acceptors (Lipinski definition) is 2. The van der Waals surface area contributed by atoms with Gasteiger partial charge in [-0.3, -0.25) is 0 Å². The van der Waals surface area contributed by atoms with Crippen LogP contribution in [0, 0.1) is 0 Å². The van der Waals surface area contributed by atoms with Crippen molar-refractivity contribution in [3.05, 3.63) is 34.9 Å². The molecule has 0 aliphatic carbocycles. The van der Waals surface area contributed by atoms with Crippen LogP contribution in [0.1, 0.15) is 25.3 Å². The molecule has 0 radical (unpaired) electrons. The number of nitrogens with one attached hydrogen (secondary N) is 1. The zero-order valence-corrected chi connectivity index (χ0v) is 11.4. The van der Waals surface area contributed by atoms with E-state index in [9.17, 15) is 0 Å². The van der Waals surface area contributed by atoms with Crippen LogP contribution in [0.4, 0.5) is 0 Å². The summed E-state index contributed by atoms with van der Waals surface area (Å²) in [4.78, 5) is 2.43. The second kappa shape index (κ2) is 5.85. The van der Waals surface area contributed by atoms with Gasteiger partial charge in [0.05, 0.1) is 0 Å². The Morgan fingerprint density at radius 3 is 3.00 bits per heavy atom. The molecule has 3 heteroatoms. The molecule has 94 valence electrons. The van der Waals surface area contributed by atoms with Crippen molar-refractivity contribution in [3.63, 3.8) is 0 Å². The summed E-state index contributed by atoms with van der Waals surface area (Å²) >= 11 is 5.97. The van der Waals surface area contributed by atoms with E-state index in [1.165, 1.54) is 24.9 Å². The van der Waals surface area contributed by atoms with Crippen LogP contribution in [0.5, 0.6) is 0 Å². The van der Waals surface area contributed by atoms with Gasteiger partial charge in [0.15, 0.2) is 0 Å². The first-order valence-electron chi connectivity index (χ1n) is 6.33. The Hall–Kier alpha value is -0.570. The highest BCUT2D eigenvalue weighted by atomic mass is 35.5. The molecular weight excluding hydrogens is 232 g/mol. The molecule has 2 atom stereocenters. The summed E-state index contributed by atoms with van der Waals surface area (Å²) < 4.78 is 0. The maximum absolute atomic E-state index is 5.97. The van der Waals surface area contributed by atoms with Crippen LogP contribution in [0.2, 0.25) is 5.02 Å². The summed E-state index contributed by atoms with van der Waals surface area (Å²) in [6.07, 6.45) is 2.47. The van der Waals surface area contributed by atoms with Gasteiger partial charge in [-0.25, -0.2) is 0 Å². The average molecular weight is 253 g/mol. The van der Waals surface area contributed by atoms with E-state index in [1.54, 1.807) is 0 Å². The highest BCUT2D eigenvalue weighted by Gasteiger charge is 2.21. The van der Waals surface area contributed by atoms with Crippen molar-refractivity contribution in [2.75, 3.05) is 13.6 Å². The van der Waals surface area contributed by atoms with Crippen LogP contribution in [0.3, 0.4) is 0 Å². The Labute approximate surface area is 109 Å². The molecule has 1 aliphatic rings. The van der Waals surface area contributed by atoms with Gasteiger partial charge in [0.2, 0.25) is 0 Å². The van der Waals surface area contributed by atoms with Crippen LogP contribution in [0.25, 0.3) is 0 Å². The molecule has 0 bridgehead atoms. The summed E-state index contributed by atoms with van der Waals surface area (Å²) in [6, 6.07) is 9.41. The Morgan fingerprint density at radius 1 is 1.47 bits per heavy atom. The lowest BCUT2D eigenvalue weighted by Gasteiger charge is -2.35. The van der Waals surface area contributed by atoms with E-state index in [-0.39, 0.29) is 0 Å². The molecule has 1 aromatic carbocycles. The molecule has 1 aliphatic heterocycles. The maximum atomic E-state index is 5.97. The minimum Gasteiger partial charge on any atom is -0.310 e. The van der Waals surface area contributed by atoms with Crippen LogP contribution < -0.4 is 5.32 Å². The third kappa shape index (κ3) is 3.70. The Bertz CT molecular complexity index is 367. The predicted octanol–water partition coefficient (Wildman–Crippen LogP) is 2.91. The molecule has 0 aromatic heterocycles. The number of halogens is 1. The smallest absolute Gasteiger partial charge is 0.0409 e. The molecule has 0 amide bonds. The van der Waals surface area contributed by atoms with E-state index >= 15 is 0 Å². The quantitative estimate of drug-likeness (QED) is 0.890. The van der Waals surface area contributed by atoms with Crippen LogP contribution in [0.15, 0.2) is 24.3 Å². The molecule has 17 heavy (non-hydrogen) atoms. The number of likely N-dealkylation sites (tertiary alicyclic amines) is 1. The summed E-state index contributed by atoms with van der Waals surface area (Å²) in [5.74, 6) is 0. The van der Waals surface area contributed by atoms with E-state index in [0.717, 1.165) is 11.6 Å². The molecule has 2 rings (SSSR count). The predicted molar refractivity (Wildman–Crippen MR) is 73.4 cm³/mol. The average Bonchev–Trinajstić information content (AvgIpc) is 2.31. The van der Waals surface area contributed by atoms with E-state index in [4.69, 9.17) is 11.6 Å². The fraction of sp³-hybridized carbons (Fsp3) is 0.571. The Kier molecular flexibility index (Phi) is 4.43. The van der Waals surface area contributed by atoms with E-state index in [0.29, 0.717) is 12.1 Å². The van der Waals surface area contributed by atoms with Gasteiger partial charge in [0, 0.05) is 23.7 Å². The highest BCUT2D eigenvalue weighted by Crippen LogP contribution is 2.16. The first-order valence-corrected chi connectivity index (χ1v) is 6.71. The maximum Gasteiger partial charge on any atom is 0.0409 e. The molecule has 1 fully saturated rings. The topological polar surface area (TPSA) is 15.3 Å². The number of piperidine rings is 1. The molecule has 2 nitrogen and oxygen atoms in total. The number of hydrogen-bond donors (Lipinski definition) is 1. The van der Waals surface area contributed by atoms with Gasteiger partial charge < -0.3 is 10.2 Å². The van der Waals surface area contributed by atoms with Crippen molar-refractivity contribution in [3.8, 4) is 0 Å². The molecule has 2 unspecified atom stereocenters. The Balaban J connectivity index is 1.82. The number of benzene rings is 1. The third-order valence-electron chi connectivity index (χ3n) is 3.69. The molecule has 1 saturated heterocycles. The van der Waals surface area contributed by atoms with Gasteiger partial charge in [-0.2, -0.15) is 0 Å². The van der Waals surface area contributed by atoms with Gasteiger partial charge in [-0.15, -0.1) is 0 Å². The van der Waals surface area contributed by atoms with Gasteiger partial charge in [0.25, 0.3) is 0 Å². The largest absolute Gasteiger partial charge is 0.310 e. The Morgan fingerprint density at radius 2 is 2.29 bits per heavy atom. The van der Waals surface area contributed by atoms with Gasteiger partial charge in [-0.05, 0) is 51.1 Å². The molecule has 0 spiro atoms. The summed E-state index contributed by atoms with van der Waals surface area (Å²) in [7, 11) is 2.21. The lowest BCUT2D eigenvalue weighted by molar-refractivity contribution is 0.168. The lowest BCUT2D eigenvalue weighted by atomic mass is 9.99. The minimum absolute atomic E-state index is 0.639. The van der Waals surface area contributed by atoms with Crippen molar-refractivity contribution in [2.45, 2.75) is 38.4 Å². The summed E-state index contributed by atoms with van der Waals surface area (Å²) in [5.41, 5.74) is 1.27. The zero-order chi connectivity index (χ0) is 12.3. The van der Waals surface area contributed by atoms with Gasteiger partial charge in [0.1, 0.15) is 0 Å². The lowest BCUT2D eigenvalue weighted by Crippen LogP contribution is -2.45. The first-order chi connectivity index (χ1) is 8.15. The zero-order valence-electron chi connectivity index (χ0n) is 10.6. The van der Waals surface area contributed by atoms with Crippen LogP contribution in [-0.4, -0.2) is 30.6 Å². The van der Waals surface area contributed by atoms with Crippen molar-refractivity contribution < 1.29 is 0 Å². The van der Waals surface area contributed by atoms with Gasteiger partial charge in [-0.1, -0.05) is 23.7 Å². The van der Waals surface area contributed by atoms with Crippen molar-refractivity contribution in [2.24, 2.45) is 0 Å². The van der Waals surface area contributed by atoms with Crippen molar-refractivity contribution in [1.82, 2.24) is 10.2 Å². The molecule has 1 heterocycles. The molecular formula is C14H21ClN2. The van der Waals surface area contributed by atoms with E-state index < -0.39 is 0 Å². The standard InChI is InChI=1S/C14H21ClN2/c1-11-8-14(6-7-17(11)2)16-10-12-4-3-5-13(15)9-12/h3-5,9,11,14,16H,6-8,10H2,1-2H3. The normalized spacial score (nSPS) is 26.1. The van der Waals surface area contributed by atoms with Crippen LogP contribution >= 0.6 is 11.6 Å². The fourth-order valence-electron chi connectivity index (χ4n) is 2.38. The third-order valence-corrected chi connectivity index (χ3v) is 3.93. The fourth-order valence-corrected chi connectivity index (χ4v) is 2.60. The van der Waals surface area contributed by atoms with E-state index in [1.807, 2.05) is 18.2 Å². The molecule has 1 aromatic rings. The second-order valence-electron chi connectivity index (χ2n) is 5.06. The minimum atomic E-state index is 0.639. The van der Waals surface area contributed by atoms with Gasteiger partial charge >= 0.3 is 0 Å². The molecule has 1 N–H and O–H groups in total. The van der Waals surface area contributed by atoms with Crippen molar-refractivity contribution in [1.29, 1.82) is 0 Å². The monoisotopic (exact) mass is 252 g/mol. The number of nitrogens with zero attached hydrogens (tertiary/aromatic N) is 1. The highest BCUT2D eigenvalue weighted by molar-refractivity contribution is 6.30. The van der Waals surface area contributed by atoms with Crippen molar-refractivity contribution >= 4 is 11.6 Å². The number of rotatable bonds is 3. The summed E-state index contributed by atoms with van der Waals surface area (Å²) in [5, 5.41) is 4.45. The SMILES string of the molecule is CC1CC(NCc2cccc(Cl)c2)CCN1C. The van der Waals surface area contributed by atoms with E-state index in [2.05, 4.69) is 30.3 Å². The molecule has 0 saturated carbocycles. The summed E-state index contributed by atoms with van der Waals surface area (Å²) in [6.45, 7) is 4.41. The first kappa shape index (κ1) is 12.9. The van der Waals surface area contributed by atoms with Crippen LogP contribution in [-0.2, 0) is 6.54 Å².